The van der Waals surface area contributed by atoms with Crippen molar-refractivity contribution < 1.29 is 27.5 Å². The van der Waals surface area contributed by atoms with Gasteiger partial charge in [0.1, 0.15) is 5.82 Å². The summed E-state index contributed by atoms with van der Waals surface area (Å²) in [5.74, 6) is -1.13. The van der Waals surface area contributed by atoms with E-state index in [9.17, 15) is 22.8 Å². The third-order valence-electron chi connectivity index (χ3n) is 6.19. The zero-order chi connectivity index (χ0) is 27.6. The highest BCUT2D eigenvalue weighted by Crippen LogP contribution is 2.31. The summed E-state index contributed by atoms with van der Waals surface area (Å²) in [4.78, 5) is 35.0. The lowest BCUT2D eigenvalue weighted by Crippen LogP contribution is -2.52. The molecule has 1 fully saturated rings. The molecule has 1 aliphatic heterocycles. The second-order valence-electron chi connectivity index (χ2n) is 9.12. The zero-order valence-electron chi connectivity index (χ0n) is 21.1. The molecule has 0 bridgehead atoms. The minimum atomic E-state index is -3.14. The predicted molar refractivity (Wildman–Crippen MR) is 136 cm³/mol. The first-order valence-corrected chi connectivity index (χ1v) is 12.2. The van der Waals surface area contributed by atoms with E-state index in [1.807, 2.05) is 19.0 Å². The number of imidazole rings is 1. The summed E-state index contributed by atoms with van der Waals surface area (Å²) < 4.78 is 45.3. The number of aromatic nitrogens is 2. The summed E-state index contributed by atoms with van der Waals surface area (Å²) in [6, 6.07) is 8.62. The third-order valence-corrected chi connectivity index (χ3v) is 6.51. The Morgan fingerprint density at radius 3 is 2.37 bits per heavy atom. The van der Waals surface area contributed by atoms with E-state index in [0.717, 1.165) is 12.1 Å². The highest BCUT2D eigenvalue weighted by atomic mass is 35.5. The van der Waals surface area contributed by atoms with Crippen molar-refractivity contribution in [3.8, 4) is 22.7 Å². The number of rotatable bonds is 7. The number of nitrogens with zero attached hydrogens (tertiary/aromatic N) is 5. The molecular formula is C26H27ClF3N5O3. The topological polar surface area (TPSA) is 70.9 Å². The van der Waals surface area contributed by atoms with Crippen LogP contribution in [-0.2, 0) is 4.79 Å². The molecule has 3 aromatic rings. The van der Waals surface area contributed by atoms with Gasteiger partial charge < -0.3 is 19.4 Å². The smallest absolute Gasteiger partial charge is 0.387 e. The molecule has 0 spiro atoms. The maximum absolute atomic E-state index is 14.4. The standard InChI is InChI=1S/C26H27ClF3N5O3/c1-16-31-14-22(17-4-7-23(21(28)12-17)38-26(29)30)35(16)18-5-6-19(20(27)13-18)25(37)34-10-8-33(9-11-34)24(36)15-32(2)3/h4-7,12-14,26H,8-11,15H2,1-3H3. The first-order chi connectivity index (χ1) is 18.0. The van der Waals surface area contributed by atoms with Crippen molar-refractivity contribution in [1.82, 2.24) is 24.3 Å². The van der Waals surface area contributed by atoms with Crippen molar-refractivity contribution in [2.24, 2.45) is 0 Å². The van der Waals surface area contributed by atoms with Crippen LogP contribution >= 0.6 is 11.6 Å². The SMILES string of the molecule is Cc1ncc(-c2ccc(OC(F)F)c(F)c2)n1-c1ccc(C(=O)N2CCN(C(=O)CN(C)C)CC2)c(Cl)c1. The van der Waals surface area contributed by atoms with Crippen LogP contribution in [0.5, 0.6) is 5.75 Å². The number of hydrogen-bond donors (Lipinski definition) is 0. The molecule has 38 heavy (non-hydrogen) atoms. The largest absolute Gasteiger partial charge is 0.432 e. The average Bonchev–Trinajstić information content (AvgIpc) is 3.25. The predicted octanol–water partition coefficient (Wildman–Crippen LogP) is 4.09. The number of ether oxygens (including phenoxy) is 1. The van der Waals surface area contributed by atoms with Gasteiger partial charge in [-0.3, -0.25) is 14.2 Å². The summed E-state index contributed by atoms with van der Waals surface area (Å²) in [6.07, 6.45) is 1.53. The van der Waals surface area contributed by atoms with E-state index in [1.165, 1.54) is 12.3 Å². The minimum absolute atomic E-state index is 0.0204. The van der Waals surface area contributed by atoms with Crippen molar-refractivity contribution in [3.63, 3.8) is 0 Å². The molecule has 0 unspecified atom stereocenters. The van der Waals surface area contributed by atoms with Crippen molar-refractivity contribution in [3.05, 3.63) is 64.8 Å². The maximum atomic E-state index is 14.4. The highest BCUT2D eigenvalue weighted by molar-refractivity contribution is 6.34. The molecule has 4 rings (SSSR count). The zero-order valence-corrected chi connectivity index (χ0v) is 21.9. The molecule has 0 atom stereocenters. The van der Waals surface area contributed by atoms with E-state index in [4.69, 9.17) is 11.6 Å². The fourth-order valence-corrected chi connectivity index (χ4v) is 4.60. The Bertz CT molecular complexity index is 1340. The third kappa shape index (κ3) is 5.94. The maximum Gasteiger partial charge on any atom is 0.387 e. The van der Waals surface area contributed by atoms with E-state index in [1.54, 1.807) is 39.5 Å². The normalized spacial score (nSPS) is 13.9. The quantitative estimate of drug-likeness (QED) is 0.444. The number of amides is 2. The summed E-state index contributed by atoms with van der Waals surface area (Å²) in [5.41, 5.74) is 1.80. The molecule has 2 aromatic carbocycles. The Kier molecular flexibility index (Phi) is 8.27. The molecule has 0 saturated carbocycles. The van der Waals surface area contributed by atoms with Gasteiger partial charge >= 0.3 is 6.61 Å². The monoisotopic (exact) mass is 549 g/mol. The van der Waals surface area contributed by atoms with Gasteiger partial charge in [-0.05, 0) is 57.4 Å². The first-order valence-electron chi connectivity index (χ1n) is 11.9. The van der Waals surface area contributed by atoms with Crippen LogP contribution in [0.4, 0.5) is 13.2 Å². The summed E-state index contributed by atoms with van der Waals surface area (Å²) in [6.45, 7) is 0.623. The minimum Gasteiger partial charge on any atom is -0.432 e. The Hall–Kier alpha value is -3.57. The summed E-state index contributed by atoms with van der Waals surface area (Å²) in [5, 5.41) is 0.226. The fourth-order valence-electron chi connectivity index (χ4n) is 4.34. The summed E-state index contributed by atoms with van der Waals surface area (Å²) >= 11 is 6.54. The molecule has 2 heterocycles. The number of alkyl halides is 2. The van der Waals surface area contributed by atoms with Gasteiger partial charge in [0.15, 0.2) is 11.6 Å². The lowest BCUT2D eigenvalue weighted by Gasteiger charge is -2.35. The molecule has 1 aliphatic rings. The Labute approximate surface area is 223 Å². The van der Waals surface area contributed by atoms with Crippen LogP contribution in [0.1, 0.15) is 16.2 Å². The average molecular weight is 550 g/mol. The summed E-state index contributed by atoms with van der Waals surface area (Å²) in [7, 11) is 3.66. The van der Waals surface area contributed by atoms with Crippen LogP contribution in [0, 0.1) is 12.7 Å². The van der Waals surface area contributed by atoms with E-state index in [-0.39, 0.29) is 16.8 Å². The number of benzene rings is 2. The Morgan fingerprint density at radius 1 is 1.08 bits per heavy atom. The van der Waals surface area contributed by atoms with Gasteiger partial charge in [-0.1, -0.05) is 11.6 Å². The van der Waals surface area contributed by atoms with Gasteiger partial charge in [0.05, 0.1) is 29.0 Å². The highest BCUT2D eigenvalue weighted by Gasteiger charge is 2.26. The molecule has 8 nitrogen and oxygen atoms in total. The molecule has 0 radical (unpaired) electrons. The van der Waals surface area contributed by atoms with Gasteiger partial charge in [-0.25, -0.2) is 9.37 Å². The van der Waals surface area contributed by atoms with Crippen LogP contribution in [-0.4, -0.2) is 89.5 Å². The number of halogens is 4. The van der Waals surface area contributed by atoms with Crippen LogP contribution in [0.2, 0.25) is 5.02 Å². The van der Waals surface area contributed by atoms with Crippen LogP contribution in [0.25, 0.3) is 16.9 Å². The van der Waals surface area contributed by atoms with Crippen LogP contribution in [0.3, 0.4) is 0 Å². The van der Waals surface area contributed by atoms with E-state index >= 15 is 0 Å². The number of piperazine rings is 1. The molecule has 12 heteroatoms. The van der Waals surface area contributed by atoms with E-state index < -0.39 is 18.2 Å². The number of hydrogen-bond acceptors (Lipinski definition) is 5. The van der Waals surface area contributed by atoms with Crippen molar-refractivity contribution in [1.29, 1.82) is 0 Å². The van der Waals surface area contributed by atoms with Crippen molar-refractivity contribution in [2.45, 2.75) is 13.5 Å². The van der Waals surface area contributed by atoms with Crippen molar-refractivity contribution in [2.75, 3.05) is 46.8 Å². The number of aryl methyl sites for hydroxylation is 1. The van der Waals surface area contributed by atoms with Gasteiger partial charge in [0.2, 0.25) is 5.91 Å². The first kappa shape index (κ1) is 27.5. The fraction of sp³-hybridized carbons (Fsp3) is 0.346. The second-order valence-corrected chi connectivity index (χ2v) is 9.53. The molecule has 1 aromatic heterocycles. The number of carbonyl (C=O) groups is 2. The number of carbonyl (C=O) groups excluding carboxylic acids is 2. The van der Waals surface area contributed by atoms with Gasteiger partial charge in [0.25, 0.3) is 5.91 Å². The van der Waals surface area contributed by atoms with Crippen LogP contribution < -0.4 is 4.74 Å². The Balaban J connectivity index is 1.53. The van der Waals surface area contributed by atoms with E-state index in [2.05, 4.69) is 9.72 Å². The second kappa shape index (κ2) is 11.4. The lowest BCUT2D eigenvalue weighted by molar-refractivity contribution is -0.133. The number of likely N-dealkylation sites (N-methyl/N-ethyl adjacent to an activating group) is 1. The molecule has 202 valence electrons. The Morgan fingerprint density at radius 2 is 1.76 bits per heavy atom. The van der Waals surface area contributed by atoms with Gasteiger partial charge in [-0.2, -0.15) is 8.78 Å². The molecule has 0 aliphatic carbocycles. The molecule has 0 N–H and O–H groups in total. The van der Waals surface area contributed by atoms with Crippen LogP contribution in [0.15, 0.2) is 42.6 Å². The molecule has 1 saturated heterocycles. The van der Waals surface area contributed by atoms with E-state index in [0.29, 0.717) is 61.1 Å². The molecular weight excluding hydrogens is 523 g/mol. The molecule has 2 amide bonds. The lowest BCUT2D eigenvalue weighted by atomic mass is 10.1. The van der Waals surface area contributed by atoms with Crippen molar-refractivity contribution >= 4 is 23.4 Å². The van der Waals surface area contributed by atoms with Gasteiger partial charge in [0, 0.05) is 37.4 Å². The van der Waals surface area contributed by atoms with Gasteiger partial charge in [-0.15, -0.1) is 0 Å².